The van der Waals surface area contributed by atoms with Crippen molar-refractivity contribution in [1.29, 1.82) is 0 Å². The van der Waals surface area contributed by atoms with Crippen LogP contribution in [0.1, 0.15) is 41.9 Å². The molecule has 0 aliphatic heterocycles. The maximum absolute atomic E-state index is 12.3. The molecule has 3 nitrogen and oxygen atoms in total. The van der Waals surface area contributed by atoms with E-state index in [1.165, 1.54) is 16.7 Å². The fourth-order valence-corrected chi connectivity index (χ4v) is 3.48. The van der Waals surface area contributed by atoms with Crippen LogP contribution >= 0.6 is 0 Å². The van der Waals surface area contributed by atoms with E-state index in [-0.39, 0.29) is 11.8 Å². The minimum atomic E-state index is 0.0504. The van der Waals surface area contributed by atoms with E-state index in [2.05, 4.69) is 40.9 Å². The fraction of sp³-hybridized carbons (Fsp3) is 0.300. The summed E-state index contributed by atoms with van der Waals surface area (Å²) in [6.07, 6.45) is 4.06. The molecular weight excluding hydrogens is 284 g/mol. The molecule has 2 aliphatic rings. The van der Waals surface area contributed by atoms with Crippen molar-refractivity contribution in [2.24, 2.45) is 11.0 Å². The lowest BCUT2D eigenvalue weighted by atomic mass is 9.90. The maximum atomic E-state index is 12.3. The summed E-state index contributed by atoms with van der Waals surface area (Å²) in [7, 11) is 0. The van der Waals surface area contributed by atoms with Crippen LogP contribution in [-0.2, 0) is 11.2 Å². The highest BCUT2D eigenvalue weighted by atomic mass is 16.2. The Morgan fingerprint density at radius 1 is 1.00 bits per heavy atom. The van der Waals surface area contributed by atoms with Gasteiger partial charge in [-0.25, -0.2) is 5.43 Å². The zero-order chi connectivity index (χ0) is 15.6. The fourth-order valence-electron chi connectivity index (χ4n) is 3.48. The molecular formula is C20H20N2O. The highest BCUT2D eigenvalue weighted by Gasteiger charge is 2.43. The quantitative estimate of drug-likeness (QED) is 0.864. The molecule has 0 bridgehead atoms. The molecule has 3 heteroatoms. The van der Waals surface area contributed by atoms with Crippen molar-refractivity contribution in [3.63, 3.8) is 0 Å². The molecule has 0 heterocycles. The van der Waals surface area contributed by atoms with Gasteiger partial charge in [0.1, 0.15) is 0 Å². The Bertz CT molecular complexity index is 751. The van der Waals surface area contributed by atoms with Crippen molar-refractivity contribution in [1.82, 2.24) is 5.43 Å². The van der Waals surface area contributed by atoms with Crippen LogP contribution in [0.5, 0.6) is 0 Å². The molecule has 116 valence electrons. The Labute approximate surface area is 136 Å². The highest BCUT2D eigenvalue weighted by Crippen LogP contribution is 2.47. The van der Waals surface area contributed by atoms with Crippen LogP contribution in [0.3, 0.4) is 0 Å². The van der Waals surface area contributed by atoms with Gasteiger partial charge in [-0.2, -0.15) is 5.10 Å². The van der Waals surface area contributed by atoms with Crippen molar-refractivity contribution < 1.29 is 4.79 Å². The second kappa shape index (κ2) is 5.99. The number of hydrazone groups is 1. The van der Waals surface area contributed by atoms with Crippen LogP contribution in [0.2, 0.25) is 0 Å². The van der Waals surface area contributed by atoms with Gasteiger partial charge >= 0.3 is 0 Å². The maximum Gasteiger partial charge on any atom is 0.243 e. The van der Waals surface area contributed by atoms with Gasteiger partial charge in [-0.3, -0.25) is 4.79 Å². The summed E-state index contributed by atoms with van der Waals surface area (Å²) in [5, 5.41) is 4.43. The summed E-state index contributed by atoms with van der Waals surface area (Å²) in [6, 6.07) is 18.6. The Hall–Kier alpha value is -2.42. The van der Waals surface area contributed by atoms with E-state index >= 15 is 0 Å². The number of carbonyl (C=O) groups excluding carboxylic acids is 1. The van der Waals surface area contributed by atoms with Crippen LogP contribution in [0, 0.1) is 5.92 Å². The second-order valence-electron chi connectivity index (χ2n) is 6.40. The molecule has 1 N–H and O–H groups in total. The van der Waals surface area contributed by atoms with Gasteiger partial charge < -0.3 is 0 Å². The van der Waals surface area contributed by atoms with E-state index in [9.17, 15) is 4.79 Å². The van der Waals surface area contributed by atoms with Crippen molar-refractivity contribution in [2.75, 3.05) is 0 Å². The Kier molecular flexibility index (Phi) is 3.70. The average molecular weight is 304 g/mol. The molecule has 1 amide bonds. The number of rotatable bonds is 3. The number of hydrogen-bond acceptors (Lipinski definition) is 2. The van der Waals surface area contributed by atoms with Crippen LogP contribution in [-0.4, -0.2) is 11.6 Å². The molecule has 2 aromatic carbocycles. The lowest BCUT2D eigenvalue weighted by Gasteiger charge is -2.17. The van der Waals surface area contributed by atoms with E-state index in [0.717, 1.165) is 31.4 Å². The van der Waals surface area contributed by atoms with Gasteiger partial charge in [0.05, 0.1) is 5.71 Å². The minimum absolute atomic E-state index is 0.0504. The molecule has 23 heavy (non-hydrogen) atoms. The van der Waals surface area contributed by atoms with Gasteiger partial charge in [-0.15, -0.1) is 0 Å². The number of nitrogens with one attached hydrogen (secondary N) is 1. The summed E-state index contributed by atoms with van der Waals surface area (Å²) < 4.78 is 0. The third kappa shape index (κ3) is 2.91. The molecule has 0 unspecified atom stereocenters. The standard InChI is InChI=1S/C20H20N2O/c23-20(18-13-17(18)15-7-2-1-3-8-15)22-21-19-12-6-10-14-9-4-5-11-16(14)19/h1-5,7-9,11,17-18H,6,10,12-13H2,(H,22,23)/b21-19+/t17-,18+/m0/s1. The molecule has 0 spiro atoms. The summed E-state index contributed by atoms with van der Waals surface area (Å²) in [6.45, 7) is 0. The second-order valence-corrected chi connectivity index (χ2v) is 6.40. The first-order valence-corrected chi connectivity index (χ1v) is 8.32. The van der Waals surface area contributed by atoms with Gasteiger partial charge in [0.2, 0.25) is 5.91 Å². The summed E-state index contributed by atoms with van der Waals surface area (Å²) in [5.41, 5.74) is 7.59. The molecule has 2 aliphatic carbocycles. The number of amides is 1. The van der Waals surface area contributed by atoms with Gasteiger partial charge in [-0.05, 0) is 42.7 Å². The number of fused-ring (bicyclic) bond motifs is 1. The molecule has 0 radical (unpaired) electrons. The number of aryl methyl sites for hydroxylation is 1. The summed E-state index contributed by atoms with van der Waals surface area (Å²) >= 11 is 0. The average Bonchev–Trinajstić information content (AvgIpc) is 3.41. The van der Waals surface area contributed by atoms with E-state index in [0.29, 0.717) is 5.92 Å². The smallest absolute Gasteiger partial charge is 0.243 e. The molecule has 1 saturated carbocycles. The lowest BCUT2D eigenvalue weighted by Crippen LogP contribution is -2.23. The third-order valence-electron chi connectivity index (χ3n) is 4.84. The first-order valence-electron chi connectivity index (χ1n) is 8.32. The molecule has 2 atom stereocenters. The molecule has 2 aromatic rings. The Morgan fingerprint density at radius 3 is 2.65 bits per heavy atom. The Morgan fingerprint density at radius 2 is 1.78 bits per heavy atom. The van der Waals surface area contributed by atoms with Crippen LogP contribution in [0.25, 0.3) is 0 Å². The topological polar surface area (TPSA) is 41.5 Å². The summed E-state index contributed by atoms with van der Waals surface area (Å²) in [5.74, 6) is 0.477. The van der Waals surface area contributed by atoms with Crippen molar-refractivity contribution in [3.05, 3.63) is 71.3 Å². The highest BCUT2D eigenvalue weighted by molar-refractivity contribution is 6.03. The first-order chi connectivity index (χ1) is 11.3. The van der Waals surface area contributed by atoms with Crippen molar-refractivity contribution in [3.8, 4) is 0 Å². The van der Waals surface area contributed by atoms with Crippen molar-refractivity contribution in [2.45, 2.75) is 31.6 Å². The monoisotopic (exact) mass is 304 g/mol. The molecule has 1 fully saturated rings. The van der Waals surface area contributed by atoms with Gasteiger partial charge in [0, 0.05) is 11.5 Å². The van der Waals surface area contributed by atoms with Crippen LogP contribution in [0.15, 0.2) is 59.7 Å². The van der Waals surface area contributed by atoms with E-state index < -0.39 is 0 Å². The SMILES string of the molecule is O=C(N/N=C1\CCCc2ccccc21)[C@@H]1C[C@H]1c1ccccc1. The number of carbonyl (C=O) groups is 1. The third-order valence-corrected chi connectivity index (χ3v) is 4.84. The molecule has 0 aromatic heterocycles. The zero-order valence-corrected chi connectivity index (χ0v) is 13.0. The first kappa shape index (κ1) is 14.2. The van der Waals surface area contributed by atoms with Gasteiger partial charge in [0.15, 0.2) is 0 Å². The van der Waals surface area contributed by atoms with E-state index in [1.54, 1.807) is 0 Å². The zero-order valence-electron chi connectivity index (χ0n) is 13.0. The predicted octanol–water partition coefficient (Wildman–Crippen LogP) is 3.65. The van der Waals surface area contributed by atoms with Gasteiger partial charge in [0.25, 0.3) is 0 Å². The van der Waals surface area contributed by atoms with E-state index in [4.69, 9.17) is 0 Å². The number of nitrogens with zero attached hydrogens (tertiary/aromatic N) is 1. The normalized spacial score (nSPS) is 24.1. The predicted molar refractivity (Wildman–Crippen MR) is 91.3 cm³/mol. The molecule has 4 rings (SSSR count). The largest absolute Gasteiger partial charge is 0.273 e. The number of benzene rings is 2. The molecule has 0 saturated heterocycles. The van der Waals surface area contributed by atoms with Crippen LogP contribution < -0.4 is 5.43 Å². The van der Waals surface area contributed by atoms with E-state index in [1.807, 2.05) is 24.3 Å². The van der Waals surface area contributed by atoms with Crippen LogP contribution in [0.4, 0.5) is 0 Å². The number of hydrogen-bond donors (Lipinski definition) is 1. The Balaban J connectivity index is 1.43. The van der Waals surface area contributed by atoms with Gasteiger partial charge in [-0.1, -0.05) is 54.6 Å². The summed E-state index contributed by atoms with van der Waals surface area (Å²) in [4.78, 5) is 12.3. The minimum Gasteiger partial charge on any atom is -0.273 e. The lowest BCUT2D eigenvalue weighted by molar-refractivity contribution is -0.122. The van der Waals surface area contributed by atoms with Crippen molar-refractivity contribution >= 4 is 11.6 Å².